The molecule has 3 aromatic carbocycles. The number of hydrogen-bond acceptors (Lipinski definition) is 6. The molecule has 1 saturated heterocycles. The average molecular weight is 631 g/mol. The Morgan fingerprint density at radius 3 is 2.02 bits per heavy atom. The Kier molecular flexibility index (Phi) is 12.2. The molecule has 0 atom stereocenters. The van der Waals surface area contributed by atoms with Gasteiger partial charge in [-0.2, -0.15) is 0 Å². The van der Waals surface area contributed by atoms with Crippen LogP contribution in [-0.2, 0) is 16.6 Å². The first-order chi connectivity index (χ1) is 20.1. The van der Waals surface area contributed by atoms with Crippen LogP contribution in [0.1, 0.15) is 48.5 Å². The quantitative estimate of drug-likeness (QED) is 0.215. The molecular weight excluding hydrogens is 592 g/mol. The highest BCUT2D eigenvalue weighted by molar-refractivity contribution is 7.92. The summed E-state index contributed by atoms with van der Waals surface area (Å²) in [5.74, 6) is 0.302. The lowest BCUT2D eigenvalue weighted by atomic mass is 10.0. The van der Waals surface area contributed by atoms with Crippen molar-refractivity contribution in [1.29, 1.82) is 0 Å². The predicted octanol–water partition coefficient (Wildman–Crippen LogP) is 6.27. The smallest absolute Gasteiger partial charge is 0.335 e. The Hall–Kier alpha value is -3.80. The van der Waals surface area contributed by atoms with Crippen molar-refractivity contribution in [1.82, 2.24) is 9.80 Å². The van der Waals surface area contributed by atoms with Gasteiger partial charge in [-0.05, 0) is 85.5 Å². The van der Waals surface area contributed by atoms with Gasteiger partial charge >= 0.3 is 12.0 Å². The summed E-state index contributed by atoms with van der Waals surface area (Å²) in [4.78, 5) is 28.6. The molecule has 1 aliphatic heterocycles. The Balaban J connectivity index is 0.00000506. The molecule has 1 aliphatic rings. The number of carbonyl (C=O) groups is 2. The van der Waals surface area contributed by atoms with E-state index >= 15 is 0 Å². The molecule has 0 radical (unpaired) electrons. The van der Waals surface area contributed by atoms with Crippen molar-refractivity contribution in [3.8, 4) is 11.5 Å². The van der Waals surface area contributed by atoms with E-state index in [-0.39, 0.29) is 30.0 Å². The van der Waals surface area contributed by atoms with Crippen molar-refractivity contribution < 1.29 is 27.9 Å². The summed E-state index contributed by atoms with van der Waals surface area (Å²) >= 11 is 0. The molecule has 232 valence electrons. The van der Waals surface area contributed by atoms with Crippen LogP contribution in [0.2, 0.25) is 0 Å². The number of rotatable bonds is 12. The molecule has 0 aliphatic carbocycles. The second-order valence-electron chi connectivity index (χ2n) is 10.5. The van der Waals surface area contributed by atoms with Crippen molar-refractivity contribution in [2.75, 3.05) is 35.9 Å². The number of urea groups is 1. The van der Waals surface area contributed by atoms with Gasteiger partial charge in [0.25, 0.3) is 0 Å². The monoisotopic (exact) mass is 630 g/mol. The molecule has 3 aromatic rings. The summed E-state index contributed by atoms with van der Waals surface area (Å²) in [7, 11) is -3.33. The lowest BCUT2D eigenvalue weighted by molar-refractivity contribution is 0.0697. The van der Waals surface area contributed by atoms with Crippen LogP contribution in [0.15, 0.2) is 72.8 Å². The maximum Gasteiger partial charge on any atom is 0.335 e. The summed E-state index contributed by atoms with van der Waals surface area (Å²) in [5.41, 5.74) is 2.41. The molecule has 3 N–H and O–H groups in total. The zero-order valence-corrected chi connectivity index (χ0v) is 26.0. The van der Waals surface area contributed by atoms with Crippen LogP contribution in [0.25, 0.3) is 0 Å². The highest BCUT2D eigenvalue weighted by Gasteiger charge is 2.28. The molecule has 43 heavy (non-hydrogen) atoms. The van der Waals surface area contributed by atoms with Gasteiger partial charge in [0.05, 0.1) is 11.8 Å². The van der Waals surface area contributed by atoms with Crippen LogP contribution < -0.4 is 14.8 Å². The molecule has 0 spiro atoms. The lowest BCUT2D eigenvalue weighted by Gasteiger charge is -2.38. The Bertz CT molecular complexity index is 1440. The molecule has 12 heteroatoms. The van der Waals surface area contributed by atoms with Gasteiger partial charge in [0, 0.05) is 43.6 Å². The van der Waals surface area contributed by atoms with E-state index in [0.717, 1.165) is 51.6 Å². The van der Waals surface area contributed by atoms with E-state index in [4.69, 9.17) is 9.84 Å². The SMILES string of the molecule is CCCCN(C(=O)Nc1ccc(C(=O)O)cc1)C1CCN(Cc2ccc(Oc3ccc(NS(C)(=O)=O)cc3)cc2)CC1.Cl. The average Bonchev–Trinajstić information content (AvgIpc) is 2.96. The molecule has 1 fully saturated rings. The summed E-state index contributed by atoms with van der Waals surface area (Å²) in [6.45, 7) is 5.34. The number of sulfonamides is 1. The molecule has 0 saturated carbocycles. The maximum absolute atomic E-state index is 13.2. The summed E-state index contributed by atoms with van der Waals surface area (Å²) in [6.07, 6.45) is 4.76. The number of nitrogens with one attached hydrogen (secondary N) is 2. The summed E-state index contributed by atoms with van der Waals surface area (Å²) < 4.78 is 31.1. The third-order valence-electron chi connectivity index (χ3n) is 7.12. The van der Waals surface area contributed by atoms with Gasteiger partial charge in [-0.1, -0.05) is 25.5 Å². The first kappa shape index (κ1) is 33.7. The number of likely N-dealkylation sites (tertiary alicyclic amines) is 1. The van der Waals surface area contributed by atoms with Crippen LogP contribution in [-0.4, -0.2) is 67.3 Å². The minimum Gasteiger partial charge on any atom is -0.478 e. The maximum atomic E-state index is 13.2. The van der Waals surface area contributed by atoms with Gasteiger partial charge < -0.3 is 20.1 Å². The zero-order chi connectivity index (χ0) is 30.1. The molecule has 1 heterocycles. The van der Waals surface area contributed by atoms with E-state index in [1.807, 2.05) is 29.2 Å². The number of halogens is 1. The van der Waals surface area contributed by atoms with Crippen LogP contribution >= 0.6 is 12.4 Å². The zero-order valence-electron chi connectivity index (χ0n) is 24.4. The van der Waals surface area contributed by atoms with Crippen LogP contribution in [0.3, 0.4) is 0 Å². The molecule has 0 unspecified atom stereocenters. The first-order valence-electron chi connectivity index (χ1n) is 14.1. The Morgan fingerprint density at radius 2 is 1.49 bits per heavy atom. The van der Waals surface area contributed by atoms with Gasteiger partial charge in [0.15, 0.2) is 0 Å². The fourth-order valence-electron chi connectivity index (χ4n) is 4.92. The molecule has 0 aromatic heterocycles. The molecule has 2 amide bonds. The van der Waals surface area contributed by atoms with Crippen LogP contribution in [0.4, 0.5) is 16.2 Å². The predicted molar refractivity (Wildman–Crippen MR) is 171 cm³/mol. The fourth-order valence-corrected chi connectivity index (χ4v) is 5.49. The topological polar surface area (TPSA) is 128 Å². The highest BCUT2D eigenvalue weighted by atomic mass is 35.5. The normalized spacial score (nSPS) is 13.9. The standard InChI is InChI=1S/C31H38N4O6S.ClH/c1-3-4-19-35(31(38)32-25-9-7-24(8-10-25)30(36)37)27-17-20-34(21-18-27)22-23-5-13-28(14-6-23)41-29-15-11-26(12-16-29)33-42(2,39)40;/h5-16,27,33H,3-4,17-22H2,1-2H3,(H,32,38)(H,36,37);1H. The van der Waals surface area contributed by atoms with Crippen LogP contribution in [0, 0.1) is 0 Å². The molecule has 4 rings (SSSR count). The molecule has 0 bridgehead atoms. The van der Waals surface area contributed by atoms with Gasteiger partial charge in [-0.3, -0.25) is 9.62 Å². The second kappa shape index (κ2) is 15.6. The number of carbonyl (C=O) groups excluding carboxylic acids is 1. The minimum absolute atomic E-state index is 0. The van der Waals surface area contributed by atoms with E-state index in [1.54, 1.807) is 36.4 Å². The number of amides is 2. The van der Waals surface area contributed by atoms with Gasteiger partial charge in [0.2, 0.25) is 10.0 Å². The van der Waals surface area contributed by atoms with Crippen molar-refractivity contribution in [2.45, 2.75) is 45.2 Å². The Morgan fingerprint density at radius 1 is 0.930 bits per heavy atom. The summed E-state index contributed by atoms with van der Waals surface area (Å²) in [6, 6.07) is 20.9. The number of carboxylic acids is 1. The van der Waals surface area contributed by atoms with E-state index in [2.05, 4.69) is 21.9 Å². The van der Waals surface area contributed by atoms with E-state index in [1.165, 1.54) is 17.7 Å². The Labute approximate surface area is 259 Å². The van der Waals surface area contributed by atoms with Crippen LogP contribution in [0.5, 0.6) is 11.5 Å². The number of hydrogen-bond donors (Lipinski definition) is 3. The third-order valence-corrected chi connectivity index (χ3v) is 7.72. The third kappa shape index (κ3) is 10.5. The number of aromatic carboxylic acids is 1. The summed E-state index contributed by atoms with van der Waals surface area (Å²) in [5, 5.41) is 12.0. The fraction of sp³-hybridized carbons (Fsp3) is 0.355. The van der Waals surface area contributed by atoms with Crippen molar-refractivity contribution in [2.24, 2.45) is 0 Å². The number of ether oxygens (including phenoxy) is 1. The number of benzene rings is 3. The largest absolute Gasteiger partial charge is 0.478 e. The van der Waals surface area contributed by atoms with Gasteiger partial charge in [0.1, 0.15) is 11.5 Å². The number of piperidine rings is 1. The van der Waals surface area contributed by atoms with E-state index < -0.39 is 16.0 Å². The highest BCUT2D eigenvalue weighted by Crippen LogP contribution is 2.25. The van der Waals surface area contributed by atoms with Crippen molar-refractivity contribution >= 4 is 45.8 Å². The van der Waals surface area contributed by atoms with Gasteiger partial charge in [-0.25, -0.2) is 18.0 Å². The number of carboxylic acid groups (broad SMARTS) is 1. The second-order valence-corrected chi connectivity index (χ2v) is 12.3. The first-order valence-corrected chi connectivity index (χ1v) is 16.0. The van der Waals surface area contributed by atoms with Crippen molar-refractivity contribution in [3.05, 3.63) is 83.9 Å². The number of unbranched alkanes of at least 4 members (excludes halogenated alkanes) is 1. The lowest BCUT2D eigenvalue weighted by Crippen LogP contribution is -2.49. The minimum atomic E-state index is -3.33. The number of anilines is 2. The van der Waals surface area contributed by atoms with Crippen molar-refractivity contribution in [3.63, 3.8) is 0 Å². The number of nitrogens with zero attached hydrogens (tertiary/aromatic N) is 2. The van der Waals surface area contributed by atoms with Gasteiger partial charge in [-0.15, -0.1) is 12.4 Å². The van der Waals surface area contributed by atoms with E-state index in [0.29, 0.717) is 29.4 Å². The molecular formula is C31H39ClN4O6S. The molecule has 10 nitrogen and oxygen atoms in total. The van der Waals surface area contributed by atoms with E-state index in [9.17, 15) is 18.0 Å².